The first-order chi connectivity index (χ1) is 21.5. The number of aromatic amines is 2. The summed E-state index contributed by atoms with van der Waals surface area (Å²) in [4.78, 5) is 73.1. The summed E-state index contributed by atoms with van der Waals surface area (Å²) in [5.74, 6) is -5.42. The summed E-state index contributed by atoms with van der Waals surface area (Å²) in [5, 5.41) is 37.1. The van der Waals surface area contributed by atoms with Crippen LogP contribution in [0.1, 0.15) is 23.2 Å². The maximum Gasteiger partial charge on any atom is 0.326 e. The molecule has 0 spiro atoms. The number of imidazole rings is 1. The number of carbonyl (C=O) groups excluding carboxylic acids is 3. The number of benzene rings is 2. The van der Waals surface area contributed by atoms with Crippen molar-refractivity contribution in [1.29, 1.82) is 0 Å². The summed E-state index contributed by atoms with van der Waals surface area (Å²) in [7, 11) is 0. The van der Waals surface area contributed by atoms with Gasteiger partial charge in [-0.1, -0.05) is 30.3 Å². The maximum absolute atomic E-state index is 13.5. The molecule has 10 N–H and O–H groups in total. The first-order valence-electron chi connectivity index (χ1n) is 13.9. The van der Waals surface area contributed by atoms with Crippen molar-refractivity contribution >= 4 is 40.6 Å². The third-order valence-electron chi connectivity index (χ3n) is 7.07. The highest BCUT2D eigenvalue weighted by molar-refractivity contribution is 5.96. The normalized spacial score (nSPS) is 13.7. The highest BCUT2D eigenvalue weighted by atomic mass is 16.4. The summed E-state index contributed by atoms with van der Waals surface area (Å²) >= 11 is 0. The van der Waals surface area contributed by atoms with E-state index in [1.54, 1.807) is 12.3 Å². The van der Waals surface area contributed by atoms with Crippen LogP contribution in [-0.2, 0) is 43.2 Å². The predicted molar refractivity (Wildman–Crippen MR) is 160 cm³/mol. The fourth-order valence-electron chi connectivity index (χ4n) is 4.73. The lowest BCUT2D eigenvalue weighted by Crippen LogP contribution is -2.58. The van der Waals surface area contributed by atoms with E-state index in [0.717, 1.165) is 10.9 Å². The summed E-state index contributed by atoms with van der Waals surface area (Å²) < 4.78 is 0. The molecule has 0 fully saturated rings. The van der Waals surface area contributed by atoms with Crippen molar-refractivity contribution in [2.75, 3.05) is 0 Å². The zero-order valence-electron chi connectivity index (χ0n) is 23.9. The van der Waals surface area contributed by atoms with Crippen LogP contribution < -0.4 is 21.7 Å². The average Bonchev–Trinajstić information content (AvgIpc) is 3.67. The van der Waals surface area contributed by atoms with E-state index >= 15 is 0 Å². The van der Waals surface area contributed by atoms with Crippen LogP contribution in [0, 0.1) is 0 Å². The Labute approximate surface area is 256 Å². The summed E-state index contributed by atoms with van der Waals surface area (Å²) in [6.45, 7) is 0. The Kier molecular flexibility index (Phi) is 10.5. The number of carboxylic acid groups (broad SMARTS) is 2. The number of rotatable bonds is 15. The minimum absolute atomic E-state index is 0.0339. The average molecular weight is 620 g/mol. The van der Waals surface area contributed by atoms with Gasteiger partial charge in [-0.05, 0) is 29.3 Å². The van der Waals surface area contributed by atoms with Gasteiger partial charge in [0.05, 0.1) is 18.8 Å². The molecule has 4 rings (SSSR count). The number of para-hydroxylation sites is 1. The van der Waals surface area contributed by atoms with Crippen LogP contribution in [0.15, 0.2) is 67.3 Å². The van der Waals surface area contributed by atoms with E-state index in [1.165, 1.54) is 36.8 Å². The molecule has 0 bridgehead atoms. The molecular formula is C30H33N7O8. The van der Waals surface area contributed by atoms with Crippen LogP contribution in [0.25, 0.3) is 10.9 Å². The number of nitrogens with one attached hydrogen (secondary N) is 5. The van der Waals surface area contributed by atoms with Crippen LogP contribution >= 0.6 is 0 Å². The molecule has 4 unspecified atom stereocenters. The molecule has 0 saturated heterocycles. The van der Waals surface area contributed by atoms with Crippen molar-refractivity contribution in [2.24, 2.45) is 5.73 Å². The number of nitrogens with two attached hydrogens (primary N) is 1. The molecule has 0 saturated carbocycles. The Hall–Kier alpha value is -5.70. The molecule has 15 nitrogen and oxygen atoms in total. The standard InChI is InChI=1S/C30H33N7O8/c31-21(11-18-14-32-15-34-18)27(41)35-24(12-26(39)40)29(43)36-23(9-16-5-7-19(38)8-6-16)28(42)37-25(30(44)45)10-17-13-33-22-4-2-1-3-20(17)22/h1-8,13-15,21,23-25,33,38H,9-12,31H2,(H,32,34)(H,35,41)(H,36,43)(H,37,42)(H,39,40)(H,44,45). The van der Waals surface area contributed by atoms with Gasteiger partial charge in [-0.15, -0.1) is 0 Å². The molecule has 4 aromatic rings. The fourth-order valence-corrected chi connectivity index (χ4v) is 4.73. The number of H-pyrrole nitrogens is 2. The first kappa shape index (κ1) is 32.2. The van der Waals surface area contributed by atoms with E-state index in [4.69, 9.17) is 5.73 Å². The molecule has 2 heterocycles. The van der Waals surface area contributed by atoms with E-state index in [2.05, 4.69) is 30.9 Å². The van der Waals surface area contributed by atoms with Crippen molar-refractivity contribution < 1.29 is 39.3 Å². The highest BCUT2D eigenvalue weighted by Gasteiger charge is 2.32. The number of phenolic OH excluding ortho intramolecular Hbond substituents is 1. The molecule has 2 aromatic carbocycles. The number of hydrogen-bond acceptors (Lipinski definition) is 8. The number of fused-ring (bicyclic) bond motifs is 1. The van der Waals surface area contributed by atoms with Crippen molar-refractivity contribution in [2.45, 2.75) is 49.9 Å². The van der Waals surface area contributed by atoms with Crippen molar-refractivity contribution in [1.82, 2.24) is 30.9 Å². The van der Waals surface area contributed by atoms with E-state index in [1.807, 2.05) is 18.2 Å². The van der Waals surface area contributed by atoms with Crippen LogP contribution in [-0.4, -0.2) is 84.1 Å². The molecule has 236 valence electrons. The molecule has 45 heavy (non-hydrogen) atoms. The van der Waals surface area contributed by atoms with Crippen LogP contribution in [0.2, 0.25) is 0 Å². The van der Waals surface area contributed by atoms with Crippen LogP contribution in [0.4, 0.5) is 0 Å². The smallest absolute Gasteiger partial charge is 0.326 e. The zero-order chi connectivity index (χ0) is 32.5. The van der Waals surface area contributed by atoms with E-state index < -0.39 is 60.2 Å². The second-order valence-electron chi connectivity index (χ2n) is 10.4. The van der Waals surface area contributed by atoms with E-state index in [0.29, 0.717) is 16.8 Å². The van der Waals surface area contributed by atoms with Crippen molar-refractivity contribution in [3.8, 4) is 5.75 Å². The molecule has 0 aliphatic carbocycles. The van der Waals surface area contributed by atoms with Gasteiger partial charge in [-0.25, -0.2) is 9.78 Å². The number of amides is 3. The van der Waals surface area contributed by atoms with Gasteiger partial charge in [-0.2, -0.15) is 0 Å². The van der Waals surface area contributed by atoms with Crippen molar-refractivity contribution in [3.05, 3.63) is 84.1 Å². The largest absolute Gasteiger partial charge is 0.508 e. The molecular weight excluding hydrogens is 586 g/mol. The lowest BCUT2D eigenvalue weighted by atomic mass is 10.0. The maximum atomic E-state index is 13.5. The Morgan fingerprint density at radius 1 is 0.800 bits per heavy atom. The minimum atomic E-state index is -1.61. The Morgan fingerprint density at radius 2 is 1.47 bits per heavy atom. The molecule has 2 aromatic heterocycles. The van der Waals surface area contributed by atoms with Gasteiger partial charge in [0.25, 0.3) is 0 Å². The first-order valence-corrected chi connectivity index (χ1v) is 13.9. The zero-order valence-corrected chi connectivity index (χ0v) is 23.9. The third kappa shape index (κ3) is 8.90. The van der Waals surface area contributed by atoms with Gasteiger partial charge in [0.1, 0.15) is 23.9 Å². The fraction of sp³-hybridized carbons (Fsp3) is 0.267. The summed E-state index contributed by atoms with van der Waals surface area (Å²) in [5.41, 5.74) is 8.42. The van der Waals surface area contributed by atoms with Crippen LogP contribution in [0.5, 0.6) is 5.75 Å². The van der Waals surface area contributed by atoms with Gasteiger partial charge in [0, 0.05) is 48.3 Å². The molecule has 0 radical (unpaired) electrons. The predicted octanol–water partition coefficient (Wildman–Crippen LogP) is -0.0345. The lowest BCUT2D eigenvalue weighted by Gasteiger charge is -2.25. The summed E-state index contributed by atoms with van der Waals surface area (Å²) in [6.07, 6.45) is 3.51. The number of carboxylic acids is 2. The molecule has 4 atom stereocenters. The van der Waals surface area contributed by atoms with E-state index in [-0.39, 0.29) is 25.0 Å². The number of carbonyl (C=O) groups is 5. The molecule has 15 heteroatoms. The monoisotopic (exact) mass is 619 g/mol. The highest BCUT2D eigenvalue weighted by Crippen LogP contribution is 2.19. The number of aromatic nitrogens is 3. The van der Waals surface area contributed by atoms with E-state index in [9.17, 15) is 39.3 Å². The SMILES string of the molecule is NC(Cc1cnc[nH]1)C(=O)NC(CC(=O)O)C(=O)NC(Cc1ccc(O)cc1)C(=O)NC(Cc1c[nH]c2ccccc12)C(=O)O. The Balaban J connectivity index is 1.52. The second kappa shape index (κ2) is 14.7. The second-order valence-corrected chi connectivity index (χ2v) is 10.4. The Bertz CT molecular complexity index is 1650. The lowest BCUT2D eigenvalue weighted by molar-refractivity contribution is -0.143. The van der Waals surface area contributed by atoms with Crippen molar-refractivity contribution in [3.63, 3.8) is 0 Å². The quantitative estimate of drug-likeness (QED) is 0.0858. The Morgan fingerprint density at radius 3 is 2.13 bits per heavy atom. The molecule has 3 amide bonds. The number of hydrogen-bond donors (Lipinski definition) is 9. The molecule has 0 aliphatic rings. The summed E-state index contributed by atoms with van der Waals surface area (Å²) in [6, 6.07) is 7.49. The number of aliphatic carboxylic acids is 2. The van der Waals surface area contributed by atoms with Gasteiger partial charge in [-0.3, -0.25) is 19.2 Å². The molecule has 0 aliphatic heterocycles. The van der Waals surface area contributed by atoms with Gasteiger partial charge >= 0.3 is 11.9 Å². The van der Waals surface area contributed by atoms with Gasteiger partial charge in [0.15, 0.2) is 0 Å². The van der Waals surface area contributed by atoms with Gasteiger partial charge in [0.2, 0.25) is 17.7 Å². The number of phenols is 1. The number of nitrogens with zero attached hydrogens (tertiary/aromatic N) is 1. The van der Waals surface area contributed by atoms with Gasteiger partial charge < -0.3 is 47.0 Å². The number of aromatic hydroxyl groups is 1. The third-order valence-corrected chi connectivity index (χ3v) is 7.07. The van der Waals surface area contributed by atoms with Crippen LogP contribution in [0.3, 0.4) is 0 Å². The minimum Gasteiger partial charge on any atom is -0.508 e. The topological polar surface area (TPSA) is 253 Å².